The van der Waals surface area contributed by atoms with E-state index in [-0.39, 0.29) is 39.4 Å². The van der Waals surface area contributed by atoms with Crippen molar-refractivity contribution < 1.29 is 20.4 Å². The van der Waals surface area contributed by atoms with Gasteiger partial charge in [0, 0.05) is 0 Å². The van der Waals surface area contributed by atoms with E-state index in [9.17, 15) is 20.4 Å². The molecule has 0 aromatic rings. The third kappa shape index (κ3) is 3.60. The summed E-state index contributed by atoms with van der Waals surface area (Å²) in [6, 6.07) is 0. The second kappa shape index (κ2) is 8.30. The number of rotatable bonds is 4. The Hall–Kier alpha value is -0.420. The lowest BCUT2D eigenvalue weighted by Crippen LogP contribution is -2.69. The molecule has 4 heteroatoms. The van der Waals surface area contributed by atoms with Crippen molar-refractivity contribution in [3.8, 4) is 0 Å². The molecule has 11 atom stereocenters. The van der Waals surface area contributed by atoms with Crippen LogP contribution >= 0.6 is 0 Å². The quantitative estimate of drug-likeness (QED) is 0.406. The summed E-state index contributed by atoms with van der Waals surface area (Å²) in [6.07, 6.45) is 7.54. The monoisotopic (exact) mass is 476 g/mol. The van der Waals surface area contributed by atoms with Crippen LogP contribution in [0.4, 0.5) is 0 Å². The number of hydrogen-bond acceptors (Lipinski definition) is 4. The highest BCUT2D eigenvalue weighted by molar-refractivity contribution is 5.21. The lowest BCUT2D eigenvalue weighted by molar-refractivity contribution is -0.274. The van der Waals surface area contributed by atoms with Gasteiger partial charge in [-0.25, -0.2) is 0 Å². The fourth-order valence-corrected chi connectivity index (χ4v) is 10.5. The fraction of sp³-hybridized carbons (Fsp3) is 0.933. The second-order valence-electron chi connectivity index (χ2n) is 14.7. The van der Waals surface area contributed by atoms with Crippen LogP contribution in [0.2, 0.25) is 0 Å². The van der Waals surface area contributed by atoms with Gasteiger partial charge in [0.2, 0.25) is 0 Å². The summed E-state index contributed by atoms with van der Waals surface area (Å²) in [7, 11) is 0. The summed E-state index contributed by atoms with van der Waals surface area (Å²) in [4.78, 5) is 0. The van der Waals surface area contributed by atoms with Gasteiger partial charge in [0.1, 0.15) is 0 Å². The Morgan fingerprint density at radius 2 is 1.59 bits per heavy atom. The van der Waals surface area contributed by atoms with E-state index in [0.29, 0.717) is 5.92 Å². The first-order valence-corrected chi connectivity index (χ1v) is 13.9. The van der Waals surface area contributed by atoms with Gasteiger partial charge < -0.3 is 20.4 Å². The molecule has 0 unspecified atom stereocenters. The Morgan fingerprint density at radius 1 is 0.941 bits per heavy atom. The minimum Gasteiger partial charge on any atom is -0.393 e. The molecule has 4 rings (SSSR count). The molecule has 0 amide bonds. The molecule has 0 radical (unpaired) electrons. The minimum absolute atomic E-state index is 0.0264. The Kier molecular flexibility index (Phi) is 6.50. The van der Waals surface area contributed by atoms with Crippen LogP contribution in [0, 0.1) is 45.3 Å². The largest absolute Gasteiger partial charge is 0.393 e. The maximum Gasteiger partial charge on any atom is 0.0654 e. The maximum atomic E-state index is 11.8. The molecule has 0 aromatic carbocycles. The van der Waals surface area contributed by atoms with E-state index in [1.165, 1.54) is 5.57 Å². The highest BCUT2D eigenvalue weighted by Gasteiger charge is 2.72. The predicted molar refractivity (Wildman–Crippen MR) is 137 cm³/mol. The lowest BCUT2D eigenvalue weighted by Gasteiger charge is -2.71. The van der Waals surface area contributed by atoms with Gasteiger partial charge in [-0.2, -0.15) is 0 Å². The van der Waals surface area contributed by atoms with Crippen LogP contribution in [-0.2, 0) is 0 Å². The minimum atomic E-state index is -0.810. The topological polar surface area (TPSA) is 80.9 Å². The predicted octanol–water partition coefficient (Wildman–Crippen LogP) is 5.47. The third-order valence-corrected chi connectivity index (χ3v) is 12.3. The van der Waals surface area contributed by atoms with Crippen molar-refractivity contribution in [2.45, 2.75) is 131 Å². The zero-order valence-electron chi connectivity index (χ0n) is 23.1. The number of allylic oxidation sites excluding steroid dienone is 2. The van der Waals surface area contributed by atoms with Crippen molar-refractivity contribution in [2.75, 3.05) is 0 Å². The summed E-state index contributed by atoms with van der Waals surface area (Å²) < 4.78 is 0. The van der Waals surface area contributed by atoms with E-state index in [1.54, 1.807) is 0 Å². The van der Waals surface area contributed by atoms with Crippen LogP contribution in [0.1, 0.15) is 107 Å². The normalized spacial score (nSPS) is 51.6. The average Bonchev–Trinajstić information content (AvgIpc) is 3.07. The standard InChI is InChI=1S/C30H52O4/c1-18(2)10-9-13-30(8,34)19-11-15-28(6)24(19)20(31)16-22-27(5)14-12-23(33)26(3,4)25(27)21(32)17-29(22,28)7/h10,19-25,31-34H,9,11-17H2,1-8H3/t19-,20+,21-,22+,23+,24-,25+,27-,28+,29+,30-/m0/s1. The van der Waals surface area contributed by atoms with Crippen LogP contribution in [-0.4, -0.2) is 44.3 Å². The van der Waals surface area contributed by atoms with Gasteiger partial charge in [0.25, 0.3) is 0 Å². The number of aliphatic hydroxyl groups is 4. The van der Waals surface area contributed by atoms with Crippen LogP contribution < -0.4 is 0 Å². The Morgan fingerprint density at radius 3 is 2.21 bits per heavy atom. The molecule has 34 heavy (non-hydrogen) atoms. The second-order valence-corrected chi connectivity index (χ2v) is 14.7. The molecule has 0 aliphatic heterocycles. The van der Waals surface area contributed by atoms with Crippen molar-refractivity contribution in [2.24, 2.45) is 45.3 Å². The maximum absolute atomic E-state index is 11.8. The molecule has 0 spiro atoms. The van der Waals surface area contributed by atoms with Gasteiger partial charge >= 0.3 is 0 Å². The molecule has 0 bridgehead atoms. The van der Waals surface area contributed by atoms with Crippen LogP contribution in [0.5, 0.6) is 0 Å². The first-order valence-electron chi connectivity index (χ1n) is 13.9. The van der Waals surface area contributed by atoms with E-state index in [1.807, 2.05) is 6.92 Å². The first-order chi connectivity index (χ1) is 15.5. The molecule has 0 saturated heterocycles. The first kappa shape index (κ1) is 26.6. The van der Waals surface area contributed by atoms with E-state index in [0.717, 1.165) is 51.4 Å². The third-order valence-electron chi connectivity index (χ3n) is 12.3. The Balaban J connectivity index is 1.70. The molecular formula is C30H52O4. The number of aliphatic hydroxyl groups excluding tert-OH is 3. The molecule has 0 aromatic heterocycles. The van der Waals surface area contributed by atoms with Crippen molar-refractivity contribution >= 4 is 0 Å². The summed E-state index contributed by atoms with van der Waals surface area (Å²) in [5, 5.41) is 46.0. The van der Waals surface area contributed by atoms with Gasteiger partial charge in [-0.05, 0) is 117 Å². The van der Waals surface area contributed by atoms with Crippen LogP contribution in [0.25, 0.3) is 0 Å². The van der Waals surface area contributed by atoms with Crippen LogP contribution in [0.15, 0.2) is 11.6 Å². The van der Waals surface area contributed by atoms with Crippen LogP contribution in [0.3, 0.4) is 0 Å². The van der Waals surface area contributed by atoms with Gasteiger partial charge in [-0.3, -0.25) is 0 Å². The highest BCUT2D eigenvalue weighted by atomic mass is 16.3. The SMILES string of the molecule is CC(C)=CCC[C@](C)(O)[C@H]1CC[C@]2(C)[C@@H]1[C@H](O)C[C@@H]1[C@]3(C)CC[C@@H](O)C(C)(C)[C@H]3[C@@H](O)C[C@]12C. The lowest BCUT2D eigenvalue weighted by atomic mass is 9.34. The highest BCUT2D eigenvalue weighted by Crippen LogP contribution is 2.75. The van der Waals surface area contributed by atoms with Gasteiger partial charge in [-0.15, -0.1) is 0 Å². The smallest absolute Gasteiger partial charge is 0.0654 e. The molecule has 4 saturated carbocycles. The summed E-state index contributed by atoms with van der Waals surface area (Å²) in [5.74, 6) is 0.442. The molecule has 196 valence electrons. The Labute approximate surface area is 208 Å². The molecular weight excluding hydrogens is 424 g/mol. The Bertz CT molecular complexity index is 813. The van der Waals surface area contributed by atoms with Crippen molar-refractivity contribution in [3.05, 3.63) is 11.6 Å². The molecule has 4 N–H and O–H groups in total. The van der Waals surface area contributed by atoms with Crippen molar-refractivity contribution in [3.63, 3.8) is 0 Å². The average molecular weight is 477 g/mol. The molecule has 4 nitrogen and oxygen atoms in total. The summed E-state index contributed by atoms with van der Waals surface area (Å²) >= 11 is 0. The zero-order chi connectivity index (χ0) is 25.5. The molecule has 4 aliphatic rings. The number of hydrogen-bond donors (Lipinski definition) is 4. The molecule has 0 heterocycles. The van der Waals surface area contributed by atoms with Crippen molar-refractivity contribution in [1.82, 2.24) is 0 Å². The van der Waals surface area contributed by atoms with Gasteiger partial charge in [0.05, 0.1) is 23.9 Å². The molecule has 4 aliphatic carbocycles. The van der Waals surface area contributed by atoms with Gasteiger partial charge in [-0.1, -0.05) is 46.3 Å². The van der Waals surface area contributed by atoms with E-state index in [4.69, 9.17) is 0 Å². The van der Waals surface area contributed by atoms with E-state index in [2.05, 4.69) is 54.5 Å². The fourth-order valence-electron chi connectivity index (χ4n) is 10.5. The zero-order valence-corrected chi connectivity index (χ0v) is 23.1. The van der Waals surface area contributed by atoms with E-state index < -0.39 is 23.9 Å². The van der Waals surface area contributed by atoms with Gasteiger partial charge in [0.15, 0.2) is 0 Å². The summed E-state index contributed by atoms with van der Waals surface area (Å²) in [5.41, 5.74) is -0.230. The van der Waals surface area contributed by atoms with Crippen molar-refractivity contribution in [1.29, 1.82) is 0 Å². The molecule has 4 fully saturated rings. The van der Waals surface area contributed by atoms with E-state index >= 15 is 0 Å². The summed E-state index contributed by atoms with van der Waals surface area (Å²) in [6.45, 7) is 17.5. The number of fused-ring (bicyclic) bond motifs is 5.